The van der Waals surface area contributed by atoms with Crippen molar-refractivity contribution in [2.24, 2.45) is 5.73 Å². The van der Waals surface area contributed by atoms with Crippen LogP contribution in [0.1, 0.15) is 18.5 Å². The fourth-order valence-corrected chi connectivity index (χ4v) is 2.94. The number of nitrogens with one attached hydrogen (secondary N) is 1. The summed E-state index contributed by atoms with van der Waals surface area (Å²) in [6.07, 6.45) is 0. The Kier molecular flexibility index (Phi) is 3.32. The second kappa shape index (κ2) is 5.11. The van der Waals surface area contributed by atoms with Crippen LogP contribution in [-0.4, -0.2) is 4.98 Å². The highest BCUT2D eigenvalue weighted by atomic mass is 32.2. The molecular formula is C16H16N2S. The largest absolute Gasteiger partial charge is 0.349 e. The van der Waals surface area contributed by atoms with E-state index in [4.69, 9.17) is 5.73 Å². The molecule has 0 saturated heterocycles. The van der Waals surface area contributed by atoms with Crippen molar-refractivity contribution in [3.8, 4) is 0 Å². The van der Waals surface area contributed by atoms with E-state index in [9.17, 15) is 0 Å². The van der Waals surface area contributed by atoms with E-state index in [0.29, 0.717) is 0 Å². The van der Waals surface area contributed by atoms with E-state index in [-0.39, 0.29) is 6.04 Å². The Balaban J connectivity index is 1.84. The molecule has 1 aromatic heterocycles. The number of hydrogen-bond donors (Lipinski definition) is 2. The molecule has 0 aliphatic carbocycles. The van der Waals surface area contributed by atoms with Gasteiger partial charge in [-0.25, -0.2) is 0 Å². The number of benzene rings is 2. The SMILES string of the molecule is CC(N)c1ccc(Sc2cc3ccccc3[nH]2)cc1. The van der Waals surface area contributed by atoms with Crippen molar-refractivity contribution in [1.82, 2.24) is 4.98 Å². The van der Waals surface area contributed by atoms with E-state index in [2.05, 4.69) is 53.5 Å². The molecule has 0 radical (unpaired) electrons. The van der Waals surface area contributed by atoms with Gasteiger partial charge in [0, 0.05) is 21.8 Å². The summed E-state index contributed by atoms with van der Waals surface area (Å²) in [7, 11) is 0. The van der Waals surface area contributed by atoms with Gasteiger partial charge in [-0.1, -0.05) is 42.1 Å². The van der Waals surface area contributed by atoms with Crippen molar-refractivity contribution in [3.05, 3.63) is 60.2 Å². The number of H-pyrrole nitrogens is 1. The summed E-state index contributed by atoms with van der Waals surface area (Å²) >= 11 is 1.74. The molecule has 1 heterocycles. The lowest BCUT2D eigenvalue weighted by Gasteiger charge is -2.06. The summed E-state index contributed by atoms with van der Waals surface area (Å²) in [6, 6.07) is 19.0. The molecule has 2 nitrogen and oxygen atoms in total. The zero-order valence-corrected chi connectivity index (χ0v) is 11.6. The number of aromatic amines is 1. The molecule has 0 amide bonds. The molecule has 96 valence electrons. The van der Waals surface area contributed by atoms with E-state index in [1.165, 1.54) is 21.4 Å². The number of para-hydroxylation sites is 1. The van der Waals surface area contributed by atoms with Gasteiger partial charge in [0.05, 0.1) is 5.03 Å². The van der Waals surface area contributed by atoms with Crippen LogP contribution >= 0.6 is 11.8 Å². The summed E-state index contributed by atoms with van der Waals surface area (Å²) < 4.78 is 0. The summed E-state index contributed by atoms with van der Waals surface area (Å²) in [5.74, 6) is 0. The standard InChI is InChI=1S/C16H16N2S/c1-11(17)12-6-8-14(9-7-12)19-16-10-13-4-2-3-5-15(13)18-16/h2-11,18H,17H2,1H3. The minimum atomic E-state index is 0.0899. The van der Waals surface area contributed by atoms with Crippen LogP contribution in [0.4, 0.5) is 0 Å². The topological polar surface area (TPSA) is 41.8 Å². The van der Waals surface area contributed by atoms with Gasteiger partial charge >= 0.3 is 0 Å². The molecule has 3 aromatic rings. The molecule has 0 aliphatic heterocycles. The van der Waals surface area contributed by atoms with Crippen molar-refractivity contribution in [2.45, 2.75) is 22.9 Å². The normalized spacial score (nSPS) is 12.7. The molecular weight excluding hydrogens is 252 g/mol. The Hall–Kier alpha value is -1.71. The Morgan fingerprint density at radius 1 is 1.05 bits per heavy atom. The Morgan fingerprint density at radius 3 is 2.47 bits per heavy atom. The quantitative estimate of drug-likeness (QED) is 0.742. The van der Waals surface area contributed by atoms with Gasteiger partial charge in [0.2, 0.25) is 0 Å². The fraction of sp³-hybridized carbons (Fsp3) is 0.125. The molecule has 19 heavy (non-hydrogen) atoms. The molecule has 3 rings (SSSR count). The molecule has 0 bridgehead atoms. The fourth-order valence-electron chi connectivity index (χ4n) is 2.07. The van der Waals surface area contributed by atoms with E-state index < -0.39 is 0 Å². The summed E-state index contributed by atoms with van der Waals surface area (Å²) in [4.78, 5) is 4.64. The van der Waals surface area contributed by atoms with Crippen LogP contribution in [0.2, 0.25) is 0 Å². The molecule has 3 heteroatoms. The van der Waals surface area contributed by atoms with E-state index in [0.717, 1.165) is 5.03 Å². The third-order valence-corrected chi connectivity index (χ3v) is 4.09. The van der Waals surface area contributed by atoms with E-state index in [1.54, 1.807) is 11.8 Å². The third-order valence-electron chi connectivity index (χ3n) is 3.14. The first kappa shape index (κ1) is 12.3. The Labute approximate surface area is 117 Å². The van der Waals surface area contributed by atoms with Gasteiger partial charge < -0.3 is 10.7 Å². The van der Waals surface area contributed by atoms with Gasteiger partial charge in [0.15, 0.2) is 0 Å². The third kappa shape index (κ3) is 2.67. The second-order valence-electron chi connectivity index (χ2n) is 4.68. The van der Waals surface area contributed by atoms with Crippen LogP contribution < -0.4 is 5.73 Å². The van der Waals surface area contributed by atoms with Crippen LogP contribution in [0, 0.1) is 0 Å². The zero-order valence-electron chi connectivity index (χ0n) is 10.8. The minimum absolute atomic E-state index is 0.0899. The molecule has 0 saturated carbocycles. The molecule has 1 atom stereocenters. The van der Waals surface area contributed by atoms with Crippen LogP contribution in [0.3, 0.4) is 0 Å². The average molecular weight is 268 g/mol. The zero-order chi connectivity index (χ0) is 13.2. The molecule has 0 fully saturated rings. The van der Waals surface area contributed by atoms with Crippen molar-refractivity contribution in [3.63, 3.8) is 0 Å². The van der Waals surface area contributed by atoms with Gasteiger partial charge in [-0.2, -0.15) is 0 Å². The van der Waals surface area contributed by atoms with Crippen LogP contribution in [0.25, 0.3) is 10.9 Å². The molecule has 0 spiro atoms. The first-order valence-electron chi connectivity index (χ1n) is 6.33. The molecule has 1 unspecified atom stereocenters. The maximum Gasteiger partial charge on any atom is 0.0780 e. The number of fused-ring (bicyclic) bond motifs is 1. The van der Waals surface area contributed by atoms with Crippen LogP contribution in [0.5, 0.6) is 0 Å². The van der Waals surface area contributed by atoms with Crippen molar-refractivity contribution in [2.75, 3.05) is 0 Å². The first-order valence-corrected chi connectivity index (χ1v) is 7.15. The summed E-state index contributed by atoms with van der Waals surface area (Å²) in [5, 5.41) is 2.41. The Morgan fingerprint density at radius 2 is 1.79 bits per heavy atom. The number of hydrogen-bond acceptors (Lipinski definition) is 2. The summed E-state index contributed by atoms with van der Waals surface area (Å²) in [5.41, 5.74) is 8.20. The highest BCUT2D eigenvalue weighted by molar-refractivity contribution is 7.99. The molecule has 0 aliphatic rings. The maximum absolute atomic E-state index is 5.85. The lowest BCUT2D eigenvalue weighted by Crippen LogP contribution is -2.04. The maximum atomic E-state index is 5.85. The lowest BCUT2D eigenvalue weighted by atomic mass is 10.1. The number of nitrogens with two attached hydrogens (primary N) is 1. The predicted molar refractivity (Wildman–Crippen MR) is 81.5 cm³/mol. The van der Waals surface area contributed by atoms with Gasteiger partial charge in [-0.05, 0) is 36.8 Å². The number of aromatic nitrogens is 1. The Bertz CT molecular complexity index is 650. The first-order chi connectivity index (χ1) is 9.22. The van der Waals surface area contributed by atoms with Gasteiger partial charge in [0.25, 0.3) is 0 Å². The molecule has 2 aromatic carbocycles. The molecule has 3 N–H and O–H groups in total. The van der Waals surface area contributed by atoms with Gasteiger partial charge in [-0.15, -0.1) is 0 Å². The lowest BCUT2D eigenvalue weighted by molar-refractivity contribution is 0.817. The van der Waals surface area contributed by atoms with E-state index >= 15 is 0 Å². The number of rotatable bonds is 3. The monoisotopic (exact) mass is 268 g/mol. The highest BCUT2D eigenvalue weighted by Crippen LogP contribution is 2.30. The average Bonchev–Trinajstić information content (AvgIpc) is 2.81. The van der Waals surface area contributed by atoms with E-state index in [1.807, 2.05) is 13.0 Å². The highest BCUT2D eigenvalue weighted by Gasteiger charge is 2.03. The predicted octanol–water partition coefficient (Wildman–Crippen LogP) is 4.34. The minimum Gasteiger partial charge on any atom is -0.349 e. The smallest absolute Gasteiger partial charge is 0.0780 e. The summed E-state index contributed by atoms with van der Waals surface area (Å²) in [6.45, 7) is 2.00. The van der Waals surface area contributed by atoms with Crippen LogP contribution in [0.15, 0.2) is 64.5 Å². The van der Waals surface area contributed by atoms with Gasteiger partial charge in [0.1, 0.15) is 0 Å². The van der Waals surface area contributed by atoms with Gasteiger partial charge in [-0.3, -0.25) is 0 Å². The van der Waals surface area contributed by atoms with Crippen LogP contribution in [-0.2, 0) is 0 Å². The van der Waals surface area contributed by atoms with Crippen molar-refractivity contribution >= 4 is 22.7 Å². The van der Waals surface area contributed by atoms with Crippen molar-refractivity contribution < 1.29 is 0 Å². The van der Waals surface area contributed by atoms with Crippen molar-refractivity contribution in [1.29, 1.82) is 0 Å². The second-order valence-corrected chi connectivity index (χ2v) is 5.80.